The zero-order valence-electron chi connectivity index (χ0n) is 6.98. The van der Waals surface area contributed by atoms with Gasteiger partial charge in [-0.25, -0.2) is 0 Å². The third-order valence-electron chi connectivity index (χ3n) is 1.32. The summed E-state index contributed by atoms with van der Waals surface area (Å²) in [6, 6.07) is 0. The van der Waals surface area contributed by atoms with Crippen LogP contribution in [0, 0.1) is 0 Å². The van der Waals surface area contributed by atoms with E-state index in [-0.39, 0.29) is 0 Å². The molecule has 0 aliphatic heterocycles. The molecule has 0 saturated heterocycles. The standard InChI is InChI=1S/C4H7O2.3CH3.Sn/c1-2-3-4(5)6;;;;/h1-3H2,(H,5,6);3*1H3;. The summed E-state index contributed by atoms with van der Waals surface area (Å²) in [7, 11) is 0. The molecule has 0 rings (SSSR count). The molecule has 0 radical (unpaired) electrons. The van der Waals surface area contributed by atoms with E-state index in [0.29, 0.717) is 6.42 Å². The van der Waals surface area contributed by atoms with E-state index in [2.05, 4.69) is 14.8 Å². The van der Waals surface area contributed by atoms with Crippen molar-refractivity contribution in [1.82, 2.24) is 0 Å². The van der Waals surface area contributed by atoms with Gasteiger partial charge >= 0.3 is 66.3 Å². The van der Waals surface area contributed by atoms with E-state index in [0.717, 1.165) is 6.42 Å². The van der Waals surface area contributed by atoms with E-state index in [9.17, 15) is 4.79 Å². The van der Waals surface area contributed by atoms with Gasteiger partial charge in [0.15, 0.2) is 0 Å². The molecule has 0 atom stereocenters. The van der Waals surface area contributed by atoms with Crippen molar-refractivity contribution in [2.75, 3.05) is 0 Å². The van der Waals surface area contributed by atoms with Crippen LogP contribution < -0.4 is 0 Å². The van der Waals surface area contributed by atoms with Crippen LogP contribution in [0.25, 0.3) is 0 Å². The molecule has 0 saturated carbocycles. The number of hydrogen-bond acceptors (Lipinski definition) is 1. The predicted molar refractivity (Wildman–Crippen MR) is 45.0 cm³/mol. The molecule has 3 heteroatoms. The van der Waals surface area contributed by atoms with Gasteiger partial charge in [0.1, 0.15) is 0 Å². The molecule has 0 fully saturated rings. The quantitative estimate of drug-likeness (QED) is 0.777. The van der Waals surface area contributed by atoms with Crippen LogP contribution in [0.5, 0.6) is 0 Å². The molecule has 0 unspecified atom stereocenters. The zero-order valence-corrected chi connectivity index (χ0v) is 9.83. The molecule has 1 N–H and O–H groups in total. The molecule has 0 heterocycles. The number of carboxylic acids is 1. The van der Waals surface area contributed by atoms with Crippen molar-refractivity contribution < 1.29 is 9.90 Å². The molecule has 10 heavy (non-hydrogen) atoms. The Labute approximate surface area is 66.5 Å². The summed E-state index contributed by atoms with van der Waals surface area (Å²) >= 11 is -1.63. The van der Waals surface area contributed by atoms with Gasteiger partial charge in [0, 0.05) is 0 Å². The summed E-state index contributed by atoms with van der Waals surface area (Å²) in [5.74, 6) is -0.657. The van der Waals surface area contributed by atoms with Gasteiger partial charge in [-0.2, -0.15) is 0 Å². The summed E-state index contributed by atoms with van der Waals surface area (Å²) in [4.78, 5) is 17.1. The Balaban J connectivity index is 3.29. The minimum atomic E-state index is -1.63. The topological polar surface area (TPSA) is 37.3 Å². The second kappa shape index (κ2) is 4.21. The summed E-state index contributed by atoms with van der Waals surface area (Å²) in [6.45, 7) is 0. The van der Waals surface area contributed by atoms with E-state index in [4.69, 9.17) is 5.11 Å². The van der Waals surface area contributed by atoms with Gasteiger partial charge in [-0.15, -0.1) is 0 Å². The molecule has 0 amide bonds. The van der Waals surface area contributed by atoms with Crippen LogP contribution in [-0.2, 0) is 4.79 Å². The van der Waals surface area contributed by atoms with Crippen LogP contribution in [0.1, 0.15) is 12.8 Å². The molecule has 0 aliphatic carbocycles. The fraction of sp³-hybridized carbons (Fsp3) is 0.857. The molecule has 0 aromatic heterocycles. The Kier molecular flexibility index (Phi) is 4.32. The minimum absolute atomic E-state index is 0.355. The van der Waals surface area contributed by atoms with Crippen LogP contribution in [0.15, 0.2) is 0 Å². The second-order valence-corrected chi connectivity index (χ2v) is 19.9. The van der Waals surface area contributed by atoms with Gasteiger partial charge in [-0.05, 0) is 0 Å². The zero-order chi connectivity index (χ0) is 8.20. The number of aliphatic carboxylic acids is 1. The van der Waals surface area contributed by atoms with Crippen molar-refractivity contribution in [3.8, 4) is 0 Å². The SMILES string of the molecule is [CH3][Sn]([CH3])([CH3])[CH2]CCC(=O)O. The monoisotopic (exact) mass is 252 g/mol. The fourth-order valence-corrected chi connectivity index (χ4v) is 4.30. The molecule has 2 nitrogen and oxygen atoms in total. The van der Waals surface area contributed by atoms with Crippen LogP contribution in [0.4, 0.5) is 0 Å². The Morgan fingerprint density at radius 1 is 1.40 bits per heavy atom. The van der Waals surface area contributed by atoms with Crippen LogP contribution in [0.3, 0.4) is 0 Å². The number of rotatable bonds is 4. The summed E-state index contributed by atoms with van der Waals surface area (Å²) < 4.78 is 1.20. The molecule has 0 aromatic rings. The molecule has 0 spiro atoms. The van der Waals surface area contributed by atoms with E-state index in [1.54, 1.807) is 0 Å². The second-order valence-electron chi connectivity index (χ2n) is 3.81. The fourth-order valence-electron chi connectivity index (χ4n) is 0.770. The average Bonchev–Trinajstić information content (AvgIpc) is 1.59. The first-order valence-corrected chi connectivity index (χ1v) is 14.2. The maximum atomic E-state index is 10.1. The third-order valence-corrected chi connectivity index (χ3v) is 6.61. The molecule has 60 valence electrons. The first-order chi connectivity index (χ1) is 4.42. The Morgan fingerprint density at radius 2 is 1.90 bits per heavy atom. The summed E-state index contributed by atoms with van der Waals surface area (Å²) in [6.07, 6.45) is 1.24. The summed E-state index contributed by atoms with van der Waals surface area (Å²) in [5, 5.41) is 8.33. The first kappa shape index (κ1) is 10.3. The van der Waals surface area contributed by atoms with Crippen molar-refractivity contribution in [2.24, 2.45) is 0 Å². The van der Waals surface area contributed by atoms with E-state index in [1.807, 2.05) is 0 Å². The number of hydrogen-bond donors (Lipinski definition) is 1. The van der Waals surface area contributed by atoms with Gasteiger partial charge in [-0.3, -0.25) is 0 Å². The molecular weight excluding hydrogens is 235 g/mol. The number of carboxylic acid groups (broad SMARTS) is 1. The van der Waals surface area contributed by atoms with E-state index < -0.39 is 24.3 Å². The molecule has 0 aliphatic rings. The van der Waals surface area contributed by atoms with Crippen molar-refractivity contribution in [2.45, 2.75) is 32.1 Å². The Morgan fingerprint density at radius 3 is 2.20 bits per heavy atom. The van der Waals surface area contributed by atoms with Gasteiger partial charge in [-0.1, -0.05) is 0 Å². The molecule has 0 aromatic carbocycles. The van der Waals surface area contributed by atoms with Gasteiger partial charge in [0.05, 0.1) is 0 Å². The molecule has 0 bridgehead atoms. The van der Waals surface area contributed by atoms with Crippen LogP contribution in [-0.4, -0.2) is 29.5 Å². The van der Waals surface area contributed by atoms with Gasteiger partial charge in [0.2, 0.25) is 0 Å². The average molecular weight is 251 g/mol. The van der Waals surface area contributed by atoms with Crippen molar-refractivity contribution >= 4 is 24.3 Å². The van der Waals surface area contributed by atoms with Crippen LogP contribution >= 0.6 is 0 Å². The third kappa shape index (κ3) is 8.27. The summed E-state index contributed by atoms with van der Waals surface area (Å²) in [5.41, 5.74) is 0. The van der Waals surface area contributed by atoms with Gasteiger partial charge < -0.3 is 0 Å². The van der Waals surface area contributed by atoms with Gasteiger partial charge in [0.25, 0.3) is 0 Å². The predicted octanol–water partition coefficient (Wildman–Crippen LogP) is 2.19. The van der Waals surface area contributed by atoms with Crippen LogP contribution in [0.2, 0.25) is 19.3 Å². The normalized spacial score (nSPS) is 11.5. The molecular formula is C7H16O2Sn. The van der Waals surface area contributed by atoms with Crippen molar-refractivity contribution in [3.63, 3.8) is 0 Å². The Hall–Kier alpha value is 0.269. The van der Waals surface area contributed by atoms with Crippen molar-refractivity contribution in [1.29, 1.82) is 0 Å². The van der Waals surface area contributed by atoms with E-state index in [1.165, 1.54) is 4.44 Å². The first-order valence-electron chi connectivity index (χ1n) is 3.63. The van der Waals surface area contributed by atoms with E-state index >= 15 is 0 Å². The van der Waals surface area contributed by atoms with Crippen molar-refractivity contribution in [3.05, 3.63) is 0 Å². The Bertz CT molecular complexity index is 115. The maximum absolute atomic E-state index is 10.1. The number of carbonyl (C=O) groups is 1.